The highest BCUT2D eigenvalue weighted by molar-refractivity contribution is 7.86. The first-order valence-electron chi connectivity index (χ1n) is 15.3. The molecule has 1 fully saturated rings. The first-order valence-corrected chi connectivity index (χ1v) is 16.5. The van der Waals surface area contributed by atoms with Gasteiger partial charge in [0, 0.05) is 17.9 Å². The molecule has 0 spiro atoms. The molecule has 0 aliphatic carbocycles. The molecule has 1 heterocycles. The number of esters is 1. The van der Waals surface area contributed by atoms with Gasteiger partial charge in [0.05, 0.1) is 23.0 Å². The number of aryl methyl sites for hydroxylation is 1. The maximum Gasteiger partial charge on any atom is 0.325 e. The van der Waals surface area contributed by atoms with Gasteiger partial charge in [-0.15, -0.1) is 0 Å². The fraction of sp³-hybridized carbons (Fsp3) is 0.781. The van der Waals surface area contributed by atoms with Crippen molar-refractivity contribution in [1.82, 2.24) is 0 Å². The van der Waals surface area contributed by atoms with Gasteiger partial charge in [-0.05, 0) is 65.5 Å². The van der Waals surface area contributed by atoms with Crippen molar-refractivity contribution in [2.24, 2.45) is 0 Å². The number of hydrogen-bond donors (Lipinski definition) is 1. The smallest absolute Gasteiger partial charge is 0.325 e. The summed E-state index contributed by atoms with van der Waals surface area (Å²) in [6, 6.07) is 7.23. The van der Waals surface area contributed by atoms with Crippen molar-refractivity contribution >= 4 is 16.8 Å². The van der Waals surface area contributed by atoms with E-state index >= 15 is 0 Å². The van der Waals surface area contributed by atoms with Crippen LogP contribution >= 0.6 is 0 Å². The Bertz CT molecular complexity index is 828. The van der Waals surface area contributed by atoms with Crippen molar-refractivity contribution in [1.29, 1.82) is 0 Å². The molecular weight excluding hydrogens is 512 g/mol. The number of aliphatic hydroxyl groups excluding tert-OH is 1. The SMILES string of the molecule is CCCCCCCCCCCC(CC(O)[C@@H](C(=O)OC(C)(C)C)[S@@](=O)c1ccc(C)cc1)O[C@H]1CCCCO1. The highest BCUT2D eigenvalue weighted by Crippen LogP contribution is 2.26. The van der Waals surface area contributed by atoms with Gasteiger partial charge in [-0.3, -0.25) is 9.00 Å². The molecular formula is C32H54O6S. The Labute approximate surface area is 240 Å². The molecule has 224 valence electrons. The van der Waals surface area contributed by atoms with Gasteiger partial charge in [-0.25, -0.2) is 0 Å². The van der Waals surface area contributed by atoms with Crippen molar-refractivity contribution in [2.75, 3.05) is 6.61 Å². The van der Waals surface area contributed by atoms with E-state index in [9.17, 15) is 14.1 Å². The predicted octanol–water partition coefficient (Wildman–Crippen LogP) is 7.40. The lowest BCUT2D eigenvalue weighted by molar-refractivity contribution is -0.194. The maximum absolute atomic E-state index is 13.6. The Morgan fingerprint density at radius 3 is 2.21 bits per heavy atom. The number of benzene rings is 1. The Morgan fingerprint density at radius 1 is 1.03 bits per heavy atom. The van der Waals surface area contributed by atoms with Crippen LogP contribution in [0.25, 0.3) is 0 Å². The van der Waals surface area contributed by atoms with Crippen LogP contribution in [0, 0.1) is 6.92 Å². The molecule has 0 saturated carbocycles. The molecule has 39 heavy (non-hydrogen) atoms. The minimum absolute atomic E-state index is 0.207. The van der Waals surface area contributed by atoms with Crippen molar-refractivity contribution in [3.8, 4) is 0 Å². The third-order valence-electron chi connectivity index (χ3n) is 7.09. The van der Waals surface area contributed by atoms with Gasteiger partial charge in [0.2, 0.25) is 0 Å². The summed E-state index contributed by atoms with van der Waals surface area (Å²) in [6.45, 7) is 10.2. The van der Waals surface area contributed by atoms with Gasteiger partial charge < -0.3 is 19.3 Å². The van der Waals surface area contributed by atoms with E-state index in [2.05, 4.69) is 6.92 Å². The van der Waals surface area contributed by atoms with E-state index in [1.807, 2.05) is 19.1 Å². The van der Waals surface area contributed by atoms with Crippen LogP contribution in [0.3, 0.4) is 0 Å². The third-order valence-corrected chi connectivity index (χ3v) is 8.79. The molecule has 2 rings (SSSR count). The molecule has 1 N–H and O–H groups in total. The first-order chi connectivity index (χ1) is 18.6. The fourth-order valence-electron chi connectivity index (χ4n) is 4.92. The lowest BCUT2D eigenvalue weighted by atomic mass is 10.0. The third kappa shape index (κ3) is 13.8. The average molecular weight is 567 g/mol. The summed E-state index contributed by atoms with van der Waals surface area (Å²) in [6.07, 6.45) is 13.2. The summed E-state index contributed by atoms with van der Waals surface area (Å²) >= 11 is 0. The van der Waals surface area contributed by atoms with Gasteiger partial charge in [0.25, 0.3) is 0 Å². The molecule has 0 amide bonds. The molecule has 6 nitrogen and oxygen atoms in total. The van der Waals surface area contributed by atoms with Crippen molar-refractivity contribution in [3.63, 3.8) is 0 Å². The molecule has 1 saturated heterocycles. The summed E-state index contributed by atoms with van der Waals surface area (Å²) in [5.41, 5.74) is 0.279. The first kappa shape index (κ1) is 33.9. The number of hydrogen-bond acceptors (Lipinski definition) is 6. The highest BCUT2D eigenvalue weighted by atomic mass is 32.2. The second kappa shape index (κ2) is 18.2. The van der Waals surface area contributed by atoms with Crippen LogP contribution in [-0.4, -0.2) is 51.2 Å². The summed E-state index contributed by atoms with van der Waals surface area (Å²) in [4.78, 5) is 13.7. The van der Waals surface area contributed by atoms with E-state index in [0.29, 0.717) is 11.5 Å². The Balaban J connectivity index is 2.06. The number of aliphatic hydroxyl groups is 1. The number of unbranched alkanes of at least 4 members (excludes halogenated alkanes) is 8. The zero-order valence-electron chi connectivity index (χ0n) is 25.1. The minimum atomic E-state index is -1.77. The van der Waals surface area contributed by atoms with Gasteiger partial charge in [0.15, 0.2) is 11.5 Å². The van der Waals surface area contributed by atoms with Gasteiger partial charge in [0.1, 0.15) is 5.60 Å². The van der Waals surface area contributed by atoms with Crippen LogP contribution < -0.4 is 0 Å². The molecule has 5 atom stereocenters. The molecule has 0 bridgehead atoms. The number of rotatable bonds is 18. The monoisotopic (exact) mass is 566 g/mol. The lowest BCUT2D eigenvalue weighted by Gasteiger charge is -2.31. The van der Waals surface area contributed by atoms with Gasteiger partial charge >= 0.3 is 5.97 Å². The molecule has 0 aromatic heterocycles. The molecule has 7 heteroatoms. The lowest BCUT2D eigenvalue weighted by Crippen LogP contribution is -2.44. The fourth-order valence-corrected chi connectivity index (χ4v) is 6.23. The predicted molar refractivity (Wildman–Crippen MR) is 158 cm³/mol. The molecule has 0 radical (unpaired) electrons. The van der Waals surface area contributed by atoms with E-state index in [1.54, 1.807) is 32.9 Å². The van der Waals surface area contributed by atoms with Crippen LogP contribution in [0.2, 0.25) is 0 Å². The Kier molecular flexibility index (Phi) is 15.8. The topological polar surface area (TPSA) is 82.1 Å². The number of carbonyl (C=O) groups excluding carboxylic acids is 1. The van der Waals surface area contributed by atoms with Crippen molar-refractivity contribution in [2.45, 2.75) is 159 Å². The largest absolute Gasteiger partial charge is 0.459 e. The molecule has 1 aliphatic rings. The number of ether oxygens (including phenoxy) is 3. The van der Waals surface area contributed by atoms with Crippen LogP contribution in [0.4, 0.5) is 0 Å². The van der Waals surface area contributed by atoms with E-state index in [-0.39, 0.29) is 18.8 Å². The summed E-state index contributed by atoms with van der Waals surface area (Å²) in [5, 5.41) is 10.2. The summed E-state index contributed by atoms with van der Waals surface area (Å²) < 4.78 is 31.4. The maximum atomic E-state index is 13.6. The summed E-state index contributed by atoms with van der Waals surface area (Å²) in [5.74, 6) is -0.648. The normalized spacial score (nSPS) is 19.3. The van der Waals surface area contributed by atoms with E-state index in [0.717, 1.165) is 44.1 Å². The summed E-state index contributed by atoms with van der Waals surface area (Å²) in [7, 11) is -1.77. The quantitative estimate of drug-likeness (QED) is 0.147. The molecule has 1 aliphatic heterocycles. The van der Waals surface area contributed by atoms with Crippen molar-refractivity contribution < 1.29 is 28.3 Å². The Hall–Kier alpha value is -1.28. The van der Waals surface area contributed by atoms with Gasteiger partial charge in [-0.1, -0.05) is 82.4 Å². The van der Waals surface area contributed by atoms with E-state index in [1.165, 1.54) is 44.9 Å². The van der Waals surface area contributed by atoms with Gasteiger partial charge in [-0.2, -0.15) is 0 Å². The van der Waals surface area contributed by atoms with Crippen LogP contribution in [-0.2, 0) is 29.8 Å². The zero-order chi connectivity index (χ0) is 28.7. The van der Waals surface area contributed by atoms with Crippen LogP contribution in [0.1, 0.15) is 123 Å². The van der Waals surface area contributed by atoms with E-state index in [4.69, 9.17) is 14.2 Å². The highest BCUT2D eigenvalue weighted by Gasteiger charge is 2.38. The molecule has 2 unspecified atom stereocenters. The second-order valence-electron chi connectivity index (χ2n) is 12.0. The molecule has 1 aromatic carbocycles. The standard InChI is InChI=1S/C32H54O6S/c1-6-7-8-9-10-11-12-13-14-17-26(37-29-18-15-16-23-36-29)24-28(33)30(31(34)38-32(3,4)5)39(35)27-21-19-25(2)20-22-27/h19-22,26,28-30,33H,6-18,23-24H2,1-5H3/t26?,28?,29-,30-,39-/m0/s1. The van der Waals surface area contributed by atoms with Crippen molar-refractivity contribution in [3.05, 3.63) is 29.8 Å². The molecule has 1 aromatic rings. The van der Waals surface area contributed by atoms with Crippen LogP contribution in [0.5, 0.6) is 0 Å². The second-order valence-corrected chi connectivity index (χ2v) is 13.6. The minimum Gasteiger partial charge on any atom is -0.459 e. The number of carbonyl (C=O) groups is 1. The van der Waals surface area contributed by atoms with E-state index < -0.39 is 33.7 Å². The van der Waals surface area contributed by atoms with Crippen LogP contribution in [0.15, 0.2) is 29.2 Å². The zero-order valence-corrected chi connectivity index (χ0v) is 25.9. The average Bonchev–Trinajstić information content (AvgIpc) is 2.87. The Morgan fingerprint density at radius 2 is 1.64 bits per heavy atom.